The van der Waals surface area contributed by atoms with Crippen LogP contribution in [-0.4, -0.2) is 48.6 Å². The molecule has 0 aliphatic carbocycles. The summed E-state index contributed by atoms with van der Waals surface area (Å²) in [6.45, 7) is 1.23. The molecule has 6 nitrogen and oxygen atoms in total. The van der Waals surface area contributed by atoms with E-state index in [1.54, 1.807) is 11.9 Å². The minimum absolute atomic E-state index is 0.159. The molecule has 1 aromatic carbocycles. The van der Waals surface area contributed by atoms with E-state index in [1.165, 1.54) is 0 Å². The van der Waals surface area contributed by atoms with Crippen molar-refractivity contribution < 1.29 is 24.1 Å². The van der Waals surface area contributed by atoms with Gasteiger partial charge in [-0.2, -0.15) is 0 Å². The zero-order chi connectivity index (χ0) is 15.6. The number of hydrogen-bond acceptors (Lipinski definition) is 5. The SMILES string of the molecule is CN(CC1(O)CCOCC1)c1cc(F)c(C(=O)O)cc1N. The zero-order valence-corrected chi connectivity index (χ0v) is 11.8. The van der Waals surface area contributed by atoms with E-state index < -0.39 is 23.0 Å². The summed E-state index contributed by atoms with van der Waals surface area (Å²) in [4.78, 5) is 12.5. The quantitative estimate of drug-likeness (QED) is 0.720. The highest BCUT2D eigenvalue weighted by molar-refractivity contribution is 5.90. The lowest BCUT2D eigenvalue weighted by atomic mass is 9.93. The van der Waals surface area contributed by atoms with Crippen LogP contribution < -0.4 is 10.6 Å². The monoisotopic (exact) mass is 298 g/mol. The summed E-state index contributed by atoms with van der Waals surface area (Å²) < 4.78 is 19.0. The number of benzene rings is 1. The topological polar surface area (TPSA) is 96.0 Å². The molecule has 2 rings (SSSR count). The van der Waals surface area contributed by atoms with Gasteiger partial charge in [-0.05, 0) is 6.07 Å². The number of halogens is 1. The van der Waals surface area contributed by atoms with Gasteiger partial charge in [0.1, 0.15) is 5.82 Å². The molecule has 1 aliphatic rings. The van der Waals surface area contributed by atoms with Gasteiger partial charge in [-0.15, -0.1) is 0 Å². The molecule has 1 saturated heterocycles. The number of carboxylic acid groups (broad SMARTS) is 1. The number of nitrogens with zero attached hydrogens (tertiary/aromatic N) is 1. The lowest BCUT2D eigenvalue weighted by molar-refractivity contribution is -0.0572. The summed E-state index contributed by atoms with van der Waals surface area (Å²) in [6, 6.07) is 2.18. The Morgan fingerprint density at radius 3 is 2.67 bits per heavy atom. The number of hydrogen-bond donors (Lipinski definition) is 3. The van der Waals surface area contributed by atoms with Crippen molar-refractivity contribution in [2.24, 2.45) is 0 Å². The zero-order valence-electron chi connectivity index (χ0n) is 11.8. The Labute approximate surface area is 121 Å². The summed E-state index contributed by atoms with van der Waals surface area (Å²) in [5.41, 5.74) is 4.94. The summed E-state index contributed by atoms with van der Waals surface area (Å²) >= 11 is 0. The molecule has 1 aliphatic heterocycles. The number of nitrogens with two attached hydrogens (primary N) is 1. The van der Waals surface area contributed by atoms with Crippen molar-refractivity contribution >= 4 is 17.3 Å². The second-order valence-corrected chi connectivity index (χ2v) is 5.39. The maximum atomic E-state index is 13.8. The van der Waals surface area contributed by atoms with Gasteiger partial charge in [0.2, 0.25) is 0 Å². The van der Waals surface area contributed by atoms with Crippen molar-refractivity contribution in [3.63, 3.8) is 0 Å². The van der Waals surface area contributed by atoms with Crippen LogP contribution in [-0.2, 0) is 4.74 Å². The first-order valence-electron chi connectivity index (χ1n) is 6.66. The molecule has 1 fully saturated rings. The van der Waals surface area contributed by atoms with Crippen molar-refractivity contribution in [1.29, 1.82) is 0 Å². The number of nitrogen functional groups attached to an aromatic ring is 1. The highest BCUT2D eigenvalue weighted by atomic mass is 19.1. The number of rotatable bonds is 4. The van der Waals surface area contributed by atoms with E-state index in [0.717, 1.165) is 12.1 Å². The van der Waals surface area contributed by atoms with Crippen molar-refractivity contribution in [3.05, 3.63) is 23.5 Å². The van der Waals surface area contributed by atoms with Gasteiger partial charge in [-0.3, -0.25) is 0 Å². The minimum Gasteiger partial charge on any atom is -0.478 e. The van der Waals surface area contributed by atoms with Crippen molar-refractivity contribution in [3.8, 4) is 0 Å². The number of likely N-dealkylation sites (N-methyl/N-ethyl adjacent to an activating group) is 1. The first-order chi connectivity index (χ1) is 9.82. The van der Waals surface area contributed by atoms with Gasteiger partial charge in [0.15, 0.2) is 0 Å². The fourth-order valence-electron chi connectivity index (χ4n) is 2.51. The average Bonchev–Trinajstić information content (AvgIpc) is 2.40. The molecule has 0 radical (unpaired) electrons. The molecule has 0 unspecified atom stereocenters. The van der Waals surface area contributed by atoms with E-state index in [0.29, 0.717) is 31.7 Å². The summed E-state index contributed by atoms with van der Waals surface area (Å²) in [5.74, 6) is -2.21. The van der Waals surface area contributed by atoms with Gasteiger partial charge in [-0.1, -0.05) is 0 Å². The Morgan fingerprint density at radius 2 is 2.10 bits per heavy atom. The smallest absolute Gasteiger partial charge is 0.338 e. The third-order valence-corrected chi connectivity index (χ3v) is 3.71. The Balaban J connectivity index is 2.21. The maximum Gasteiger partial charge on any atom is 0.338 e. The van der Waals surface area contributed by atoms with E-state index >= 15 is 0 Å². The molecular formula is C14H19FN2O4. The van der Waals surface area contributed by atoms with E-state index in [4.69, 9.17) is 15.6 Å². The van der Waals surface area contributed by atoms with Crippen LogP contribution in [0.1, 0.15) is 23.2 Å². The molecule has 7 heteroatoms. The van der Waals surface area contributed by atoms with Crippen LogP contribution in [0.25, 0.3) is 0 Å². The van der Waals surface area contributed by atoms with Gasteiger partial charge < -0.3 is 25.6 Å². The van der Waals surface area contributed by atoms with Gasteiger partial charge in [-0.25, -0.2) is 9.18 Å². The fourth-order valence-corrected chi connectivity index (χ4v) is 2.51. The molecule has 1 aromatic rings. The number of carbonyl (C=O) groups is 1. The largest absolute Gasteiger partial charge is 0.478 e. The lowest BCUT2D eigenvalue weighted by Gasteiger charge is -2.36. The average molecular weight is 298 g/mol. The van der Waals surface area contributed by atoms with Crippen LogP contribution >= 0.6 is 0 Å². The van der Waals surface area contributed by atoms with Gasteiger partial charge in [0.05, 0.1) is 22.5 Å². The summed E-state index contributed by atoms with van der Waals surface area (Å²) in [7, 11) is 1.68. The third-order valence-electron chi connectivity index (χ3n) is 3.71. The Morgan fingerprint density at radius 1 is 1.48 bits per heavy atom. The summed E-state index contributed by atoms with van der Waals surface area (Å²) in [6.07, 6.45) is 0.986. The molecule has 0 spiro atoms. The highest BCUT2D eigenvalue weighted by Crippen LogP contribution is 2.29. The van der Waals surface area contributed by atoms with E-state index in [1.807, 2.05) is 0 Å². The van der Waals surface area contributed by atoms with Crippen LogP contribution in [0.4, 0.5) is 15.8 Å². The first-order valence-corrected chi connectivity index (χ1v) is 6.66. The second kappa shape index (κ2) is 5.87. The number of carboxylic acids is 1. The van der Waals surface area contributed by atoms with Gasteiger partial charge in [0, 0.05) is 45.7 Å². The predicted molar refractivity (Wildman–Crippen MR) is 76.0 cm³/mol. The van der Waals surface area contributed by atoms with Crippen molar-refractivity contribution in [2.75, 3.05) is 37.4 Å². The van der Waals surface area contributed by atoms with Crippen LogP contribution in [0.5, 0.6) is 0 Å². The normalized spacial score (nSPS) is 17.5. The number of ether oxygens (including phenoxy) is 1. The fraction of sp³-hybridized carbons (Fsp3) is 0.500. The van der Waals surface area contributed by atoms with Gasteiger partial charge >= 0.3 is 5.97 Å². The molecule has 0 saturated carbocycles. The number of aromatic carboxylic acids is 1. The third kappa shape index (κ3) is 3.43. The van der Waals surface area contributed by atoms with E-state index in [-0.39, 0.29) is 12.2 Å². The van der Waals surface area contributed by atoms with Gasteiger partial charge in [0.25, 0.3) is 0 Å². The Bertz CT molecular complexity index is 544. The van der Waals surface area contributed by atoms with E-state index in [2.05, 4.69) is 0 Å². The number of aliphatic hydroxyl groups is 1. The second-order valence-electron chi connectivity index (χ2n) is 5.39. The molecule has 116 valence electrons. The minimum atomic E-state index is -1.36. The molecule has 4 N–H and O–H groups in total. The molecule has 0 aromatic heterocycles. The lowest BCUT2D eigenvalue weighted by Crippen LogP contribution is -2.46. The molecule has 1 heterocycles. The summed E-state index contributed by atoms with van der Waals surface area (Å²) in [5, 5.41) is 19.3. The van der Waals surface area contributed by atoms with Crippen LogP contribution in [0, 0.1) is 5.82 Å². The van der Waals surface area contributed by atoms with Crippen LogP contribution in [0.2, 0.25) is 0 Å². The molecular weight excluding hydrogens is 279 g/mol. The van der Waals surface area contributed by atoms with E-state index in [9.17, 15) is 14.3 Å². The Kier molecular flexibility index (Phi) is 4.34. The first kappa shape index (κ1) is 15.5. The van der Waals surface area contributed by atoms with Crippen LogP contribution in [0.15, 0.2) is 12.1 Å². The van der Waals surface area contributed by atoms with Crippen LogP contribution in [0.3, 0.4) is 0 Å². The highest BCUT2D eigenvalue weighted by Gasteiger charge is 2.31. The molecule has 0 amide bonds. The predicted octanol–water partition coefficient (Wildman–Crippen LogP) is 1.08. The standard InChI is InChI=1S/C14H19FN2O4/c1-17(8-14(20)2-4-21-5-3-14)12-7-10(15)9(13(18)19)6-11(12)16/h6-7,20H,2-5,8,16H2,1H3,(H,18,19). The van der Waals surface area contributed by atoms with Crippen molar-refractivity contribution in [1.82, 2.24) is 0 Å². The Hall–Kier alpha value is -1.86. The van der Waals surface area contributed by atoms with Crippen molar-refractivity contribution in [2.45, 2.75) is 18.4 Å². The number of anilines is 2. The molecule has 0 bridgehead atoms. The molecule has 21 heavy (non-hydrogen) atoms. The molecule has 0 atom stereocenters. The maximum absolute atomic E-state index is 13.8.